The number of imidazole rings is 1. The number of halogens is 1. The standard InChI is InChI=1S/C16H21ClN2O/c1-12-4-2-6-14-16(12)18-15(7-9-17)19(14)10-8-13-5-3-11-20-13/h2,4,6,13H,3,5,7-11H2,1H3. The van der Waals surface area contributed by atoms with E-state index in [2.05, 4.69) is 29.7 Å². The van der Waals surface area contributed by atoms with Gasteiger partial charge in [0.05, 0.1) is 17.1 Å². The summed E-state index contributed by atoms with van der Waals surface area (Å²) in [7, 11) is 0. The third kappa shape index (κ3) is 2.70. The molecule has 20 heavy (non-hydrogen) atoms. The molecule has 3 rings (SSSR count). The number of benzene rings is 1. The number of alkyl halides is 1. The molecule has 1 aliphatic rings. The monoisotopic (exact) mass is 292 g/mol. The Bertz CT molecular complexity index is 587. The van der Waals surface area contributed by atoms with Crippen LogP contribution in [0.2, 0.25) is 0 Å². The van der Waals surface area contributed by atoms with Gasteiger partial charge in [-0.2, -0.15) is 0 Å². The van der Waals surface area contributed by atoms with Crippen LogP contribution in [0.25, 0.3) is 11.0 Å². The van der Waals surface area contributed by atoms with Crippen LogP contribution in [-0.2, 0) is 17.7 Å². The van der Waals surface area contributed by atoms with Gasteiger partial charge in [0.2, 0.25) is 0 Å². The summed E-state index contributed by atoms with van der Waals surface area (Å²) >= 11 is 5.92. The maximum absolute atomic E-state index is 5.92. The first kappa shape index (κ1) is 13.9. The molecule has 2 heterocycles. The van der Waals surface area contributed by atoms with E-state index in [0.29, 0.717) is 12.0 Å². The molecular formula is C16H21ClN2O. The van der Waals surface area contributed by atoms with Crippen molar-refractivity contribution in [3.63, 3.8) is 0 Å². The fourth-order valence-corrected chi connectivity index (χ4v) is 3.17. The molecule has 0 N–H and O–H groups in total. The van der Waals surface area contributed by atoms with E-state index in [-0.39, 0.29) is 0 Å². The first-order valence-electron chi connectivity index (χ1n) is 7.42. The number of hydrogen-bond donors (Lipinski definition) is 0. The number of aromatic nitrogens is 2. The smallest absolute Gasteiger partial charge is 0.111 e. The van der Waals surface area contributed by atoms with Gasteiger partial charge in [-0.15, -0.1) is 11.6 Å². The van der Waals surface area contributed by atoms with Crippen molar-refractivity contribution in [2.75, 3.05) is 12.5 Å². The van der Waals surface area contributed by atoms with Gasteiger partial charge in [0.1, 0.15) is 5.82 Å². The number of ether oxygens (including phenoxy) is 1. The third-order valence-electron chi connectivity index (χ3n) is 4.08. The molecule has 1 aliphatic heterocycles. The molecule has 0 bridgehead atoms. The SMILES string of the molecule is Cc1cccc2c1nc(CCCl)n2CCC1CCCO1. The maximum atomic E-state index is 5.92. The number of rotatable bonds is 5. The lowest BCUT2D eigenvalue weighted by molar-refractivity contribution is 0.100. The lowest BCUT2D eigenvalue weighted by atomic mass is 10.1. The third-order valence-corrected chi connectivity index (χ3v) is 4.27. The van der Waals surface area contributed by atoms with Gasteiger partial charge in [-0.1, -0.05) is 12.1 Å². The van der Waals surface area contributed by atoms with Crippen molar-refractivity contribution in [3.05, 3.63) is 29.6 Å². The van der Waals surface area contributed by atoms with E-state index in [1.807, 2.05) is 0 Å². The first-order chi connectivity index (χ1) is 9.79. The van der Waals surface area contributed by atoms with Crippen molar-refractivity contribution in [2.45, 2.75) is 45.3 Å². The normalized spacial score (nSPS) is 19.0. The zero-order valence-corrected chi connectivity index (χ0v) is 12.7. The molecule has 1 unspecified atom stereocenters. The second kappa shape index (κ2) is 6.15. The summed E-state index contributed by atoms with van der Waals surface area (Å²) < 4.78 is 8.05. The molecule has 1 aromatic heterocycles. The van der Waals surface area contributed by atoms with E-state index in [4.69, 9.17) is 21.3 Å². The Labute approximate surface area is 124 Å². The van der Waals surface area contributed by atoms with Gasteiger partial charge in [-0.3, -0.25) is 0 Å². The first-order valence-corrected chi connectivity index (χ1v) is 7.95. The molecule has 1 fully saturated rings. The molecule has 3 nitrogen and oxygen atoms in total. The minimum absolute atomic E-state index is 0.418. The van der Waals surface area contributed by atoms with Crippen molar-refractivity contribution >= 4 is 22.6 Å². The van der Waals surface area contributed by atoms with Crippen LogP contribution in [0.4, 0.5) is 0 Å². The lowest BCUT2D eigenvalue weighted by Gasteiger charge is -2.12. The van der Waals surface area contributed by atoms with E-state index in [0.717, 1.165) is 37.3 Å². The average Bonchev–Trinajstić information content (AvgIpc) is 3.05. The molecule has 2 aromatic rings. The van der Waals surface area contributed by atoms with Crippen LogP contribution in [-0.4, -0.2) is 28.1 Å². The van der Waals surface area contributed by atoms with Gasteiger partial charge >= 0.3 is 0 Å². The van der Waals surface area contributed by atoms with Crippen LogP contribution in [0.1, 0.15) is 30.7 Å². The van der Waals surface area contributed by atoms with Crippen molar-refractivity contribution in [2.24, 2.45) is 0 Å². The Hall–Kier alpha value is -1.06. The largest absolute Gasteiger partial charge is 0.378 e. The van der Waals surface area contributed by atoms with E-state index in [1.165, 1.54) is 23.9 Å². The maximum Gasteiger partial charge on any atom is 0.111 e. The number of fused-ring (bicyclic) bond motifs is 1. The van der Waals surface area contributed by atoms with Gasteiger partial charge in [-0.25, -0.2) is 4.98 Å². The van der Waals surface area contributed by atoms with Crippen molar-refractivity contribution < 1.29 is 4.74 Å². The minimum atomic E-state index is 0.418. The predicted octanol–water partition coefficient (Wildman–Crippen LogP) is 3.70. The Morgan fingerprint density at radius 2 is 2.35 bits per heavy atom. The van der Waals surface area contributed by atoms with Crippen LogP contribution in [0.5, 0.6) is 0 Å². The quantitative estimate of drug-likeness (QED) is 0.786. The Morgan fingerprint density at radius 3 is 3.10 bits per heavy atom. The average molecular weight is 293 g/mol. The van der Waals surface area contributed by atoms with Crippen LogP contribution in [0, 0.1) is 6.92 Å². The van der Waals surface area contributed by atoms with Gasteiger partial charge < -0.3 is 9.30 Å². The van der Waals surface area contributed by atoms with E-state index in [1.54, 1.807) is 0 Å². The number of nitrogens with zero attached hydrogens (tertiary/aromatic N) is 2. The van der Waals surface area contributed by atoms with Crippen molar-refractivity contribution in [1.82, 2.24) is 9.55 Å². The van der Waals surface area contributed by atoms with Gasteiger partial charge in [-0.05, 0) is 37.8 Å². The zero-order valence-electron chi connectivity index (χ0n) is 11.9. The molecule has 0 aliphatic carbocycles. The summed E-state index contributed by atoms with van der Waals surface area (Å²) in [6, 6.07) is 6.37. The summed E-state index contributed by atoms with van der Waals surface area (Å²) in [6.45, 7) is 4.00. The van der Waals surface area contributed by atoms with Crippen LogP contribution in [0.3, 0.4) is 0 Å². The lowest BCUT2D eigenvalue weighted by Crippen LogP contribution is -2.12. The Kier molecular flexibility index (Phi) is 4.27. The van der Waals surface area contributed by atoms with Crippen molar-refractivity contribution in [3.8, 4) is 0 Å². The predicted molar refractivity (Wildman–Crippen MR) is 82.5 cm³/mol. The van der Waals surface area contributed by atoms with E-state index in [9.17, 15) is 0 Å². The van der Waals surface area contributed by atoms with Gasteiger partial charge in [0.25, 0.3) is 0 Å². The molecule has 1 saturated heterocycles. The van der Waals surface area contributed by atoms with Crippen LogP contribution >= 0.6 is 11.6 Å². The molecule has 0 spiro atoms. The summed E-state index contributed by atoms with van der Waals surface area (Å²) in [4.78, 5) is 4.78. The summed E-state index contributed by atoms with van der Waals surface area (Å²) in [5, 5.41) is 0. The highest BCUT2D eigenvalue weighted by Gasteiger charge is 2.17. The summed E-state index contributed by atoms with van der Waals surface area (Å²) in [5.41, 5.74) is 3.57. The van der Waals surface area contributed by atoms with E-state index < -0.39 is 0 Å². The highest BCUT2D eigenvalue weighted by Crippen LogP contribution is 2.23. The molecule has 0 radical (unpaired) electrons. The highest BCUT2D eigenvalue weighted by molar-refractivity contribution is 6.17. The zero-order chi connectivity index (χ0) is 13.9. The summed E-state index contributed by atoms with van der Waals surface area (Å²) in [5.74, 6) is 1.71. The molecule has 108 valence electrons. The number of aryl methyl sites for hydroxylation is 3. The van der Waals surface area contributed by atoms with E-state index >= 15 is 0 Å². The van der Waals surface area contributed by atoms with Gasteiger partial charge in [0, 0.05) is 25.5 Å². The Morgan fingerprint density at radius 1 is 1.45 bits per heavy atom. The van der Waals surface area contributed by atoms with Crippen LogP contribution < -0.4 is 0 Å². The number of para-hydroxylation sites is 1. The van der Waals surface area contributed by atoms with Crippen LogP contribution in [0.15, 0.2) is 18.2 Å². The topological polar surface area (TPSA) is 27.1 Å². The van der Waals surface area contributed by atoms with Gasteiger partial charge in [0.15, 0.2) is 0 Å². The fraction of sp³-hybridized carbons (Fsp3) is 0.562. The summed E-state index contributed by atoms with van der Waals surface area (Å²) in [6.07, 6.45) is 4.69. The fourth-order valence-electron chi connectivity index (χ4n) is 3.01. The molecular weight excluding hydrogens is 272 g/mol. The number of hydrogen-bond acceptors (Lipinski definition) is 2. The molecule has 4 heteroatoms. The van der Waals surface area contributed by atoms with Crippen molar-refractivity contribution in [1.29, 1.82) is 0 Å². The molecule has 0 saturated carbocycles. The second-order valence-corrected chi connectivity index (χ2v) is 5.86. The highest BCUT2D eigenvalue weighted by atomic mass is 35.5. The molecule has 1 aromatic carbocycles. The second-order valence-electron chi connectivity index (χ2n) is 5.48. The molecule has 0 amide bonds. The minimum Gasteiger partial charge on any atom is -0.378 e. The Balaban J connectivity index is 1.89. The molecule has 1 atom stereocenters.